The van der Waals surface area contributed by atoms with Gasteiger partial charge in [-0.25, -0.2) is 0 Å². The Hall–Kier alpha value is -0.120. The van der Waals surface area contributed by atoms with Crippen molar-refractivity contribution in [2.45, 2.75) is 142 Å². The van der Waals surface area contributed by atoms with Crippen LogP contribution in [0.2, 0.25) is 0 Å². The SMILES string of the molecule is CCCCCCCCCCCCC(CCCCCCCCCC)COCCOCCO. The number of aliphatic hydroxyl groups excluding tert-OH is 1. The molecule has 3 heteroatoms. The molecule has 188 valence electrons. The zero-order valence-electron chi connectivity index (χ0n) is 21.5. The van der Waals surface area contributed by atoms with Gasteiger partial charge >= 0.3 is 0 Å². The summed E-state index contributed by atoms with van der Waals surface area (Å²) in [5, 5.41) is 8.77. The topological polar surface area (TPSA) is 38.7 Å². The van der Waals surface area contributed by atoms with Crippen LogP contribution in [-0.4, -0.2) is 38.1 Å². The summed E-state index contributed by atoms with van der Waals surface area (Å²) in [6, 6.07) is 0. The van der Waals surface area contributed by atoms with Gasteiger partial charge in [-0.3, -0.25) is 0 Å². The largest absolute Gasteiger partial charge is 0.394 e. The van der Waals surface area contributed by atoms with Crippen LogP contribution in [0.3, 0.4) is 0 Å². The van der Waals surface area contributed by atoms with Crippen molar-refractivity contribution in [2.24, 2.45) is 5.92 Å². The Labute approximate surface area is 196 Å². The van der Waals surface area contributed by atoms with Gasteiger partial charge in [-0.15, -0.1) is 0 Å². The highest BCUT2D eigenvalue weighted by molar-refractivity contribution is 4.61. The smallest absolute Gasteiger partial charge is 0.0701 e. The molecule has 0 fully saturated rings. The Balaban J connectivity index is 3.78. The lowest BCUT2D eigenvalue weighted by Gasteiger charge is -2.17. The number of ether oxygens (including phenoxy) is 2. The van der Waals surface area contributed by atoms with Gasteiger partial charge in [0.25, 0.3) is 0 Å². The molecule has 1 atom stereocenters. The number of aliphatic hydroxyl groups is 1. The predicted octanol–water partition coefficient (Wildman–Crippen LogP) is 8.47. The van der Waals surface area contributed by atoms with Crippen LogP contribution in [0.5, 0.6) is 0 Å². The van der Waals surface area contributed by atoms with E-state index in [1.54, 1.807) is 0 Å². The lowest BCUT2D eigenvalue weighted by atomic mass is 9.94. The summed E-state index contributed by atoms with van der Waals surface area (Å²) in [5.41, 5.74) is 0. The van der Waals surface area contributed by atoms with E-state index in [0.29, 0.717) is 25.7 Å². The van der Waals surface area contributed by atoms with Gasteiger partial charge in [0.2, 0.25) is 0 Å². The van der Waals surface area contributed by atoms with Crippen LogP contribution in [-0.2, 0) is 9.47 Å². The Morgan fingerprint density at radius 2 is 0.871 bits per heavy atom. The molecule has 0 aliphatic carbocycles. The van der Waals surface area contributed by atoms with E-state index in [0.717, 1.165) is 6.61 Å². The standard InChI is InChI=1S/C28H58O3/c1-3-5-7-9-11-13-14-16-18-20-22-28(27-31-26-25-30-24-23-29)21-19-17-15-12-10-8-6-4-2/h28-29H,3-27H2,1-2H3. The molecular formula is C28H58O3. The maximum atomic E-state index is 8.77. The van der Waals surface area contributed by atoms with Crippen molar-refractivity contribution in [3.05, 3.63) is 0 Å². The van der Waals surface area contributed by atoms with E-state index in [-0.39, 0.29) is 6.61 Å². The van der Waals surface area contributed by atoms with Crippen molar-refractivity contribution in [2.75, 3.05) is 33.0 Å². The molecule has 1 N–H and O–H groups in total. The Morgan fingerprint density at radius 3 is 1.29 bits per heavy atom. The Bertz CT molecular complexity index is 309. The molecule has 3 nitrogen and oxygen atoms in total. The summed E-state index contributed by atoms with van der Waals surface area (Å²) in [4.78, 5) is 0. The molecule has 0 radical (unpaired) electrons. The summed E-state index contributed by atoms with van der Waals surface area (Å²) in [7, 11) is 0. The summed E-state index contributed by atoms with van der Waals surface area (Å²) < 4.78 is 11.2. The monoisotopic (exact) mass is 442 g/mol. The van der Waals surface area contributed by atoms with Crippen molar-refractivity contribution >= 4 is 0 Å². The van der Waals surface area contributed by atoms with Gasteiger partial charge in [-0.05, 0) is 18.8 Å². The van der Waals surface area contributed by atoms with Crippen LogP contribution in [0.4, 0.5) is 0 Å². The average molecular weight is 443 g/mol. The summed E-state index contributed by atoms with van der Waals surface area (Å²) >= 11 is 0. The van der Waals surface area contributed by atoms with Crippen molar-refractivity contribution in [1.82, 2.24) is 0 Å². The molecule has 0 aliphatic heterocycles. The third-order valence-corrected chi connectivity index (χ3v) is 6.39. The maximum Gasteiger partial charge on any atom is 0.0701 e. The molecule has 0 bridgehead atoms. The van der Waals surface area contributed by atoms with Crippen LogP contribution < -0.4 is 0 Å². The highest BCUT2D eigenvalue weighted by Gasteiger charge is 2.09. The van der Waals surface area contributed by atoms with E-state index in [4.69, 9.17) is 14.6 Å². The van der Waals surface area contributed by atoms with E-state index in [1.165, 1.54) is 128 Å². The van der Waals surface area contributed by atoms with E-state index in [2.05, 4.69) is 13.8 Å². The second-order valence-electron chi connectivity index (χ2n) is 9.51. The zero-order chi connectivity index (χ0) is 22.7. The van der Waals surface area contributed by atoms with Crippen LogP contribution in [0.1, 0.15) is 142 Å². The third kappa shape index (κ3) is 26.0. The fraction of sp³-hybridized carbons (Fsp3) is 1.00. The molecule has 0 aromatic heterocycles. The second kappa shape index (κ2) is 27.9. The average Bonchev–Trinajstić information content (AvgIpc) is 2.78. The summed E-state index contributed by atoms with van der Waals surface area (Å²) in [6.45, 7) is 7.24. The predicted molar refractivity (Wildman–Crippen MR) is 136 cm³/mol. The van der Waals surface area contributed by atoms with Crippen molar-refractivity contribution in [1.29, 1.82) is 0 Å². The first-order valence-electron chi connectivity index (χ1n) is 14.1. The summed E-state index contributed by atoms with van der Waals surface area (Å²) in [5.74, 6) is 0.715. The molecule has 1 unspecified atom stereocenters. The third-order valence-electron chi connectivity index (χ3n) is 6.39. The molecule has 0 aromatic carbocycles. The summed E-state index contributed by atoms with van der Waals surface area (Å²) in [6.07, 6.45) is 27.9. The van der Waals surface area contributed by atoms with Crippen LogP contribution in [0.15, 0.2) is 0 Å². The van der Waals surface area contributed by atoms with Gasteiger partial charge in [0.05, 0.1) is 26.4 Å². The van der Waals surface area contributed by atoms with E-state index < -0.39 is 0 Å². The Kier molecular flexibility index (Phi) is 27.8. The van der Waals surface area contributed by atoms with Crippen LogP contribution >= 0.6 is 0 Å². The highest BCUT2D eigenvalue weighted by Crippen LogP contribution is 2.20. The second-order valence-corrected chi connectivity index (χ2v) is 9.51. The number of unbranched alkanes of at least 4 members (excludes halogenated alkanes) is 16. The normalized spacial score (nSPS) is 12.5. The first-order chi connectivity index (χ1) is 15.3. The molecule has 0 saturated heterocycles. The fourth-order valence-electron chi connectivity index (χ4n) is 4.33. The van der Waals surface area contributed by atoms with Gasteiger partial charge in [0.15, 0.2) is 0 Å². The fourth-order valence-corrected chi connectivity index (χ4v) is 4.33. The van der Waals surface area contributed by atoms with Crippen LogP contribution in [0, 0.1) is 5.92 Å². The highest BCUT2D eigenvalue weighted by atomic mass is 16.5. The first kappa shape index (κ1) is 30.9. The minimum Gasteiger partial charge on any atom is -0.394 e. The van der Waals surface area contributed by atoms with E-state index >= 15 is 0 Å². The van der Waals surface area contributed by atoms with Crippen LogP contribution in [0.25, 0.3) is 0 Å². The number of hydrogen-bond acceptors (Lipinski definition) is 3. The van der Waals surface area contributed by atoms with Gasteiger partial charge in [-0.2, -0.15) is 0 Å². The van der Waals surface area contributed by atoms with Gasteiger partial charge in [-0.1, -0.05) is 129 Å². The van der Waals surface area contributed by atoms with Crippen molar-refractivity contribution < 1.29 is 14.6 Å². The van der Waals surface area contributed by atoms with E-state index in [1.807, 2.05) is 0 Å². The van der Waals surface area contributed by atoms with Gasteiger partial charge in [0, 0.05) is 6.61 Å². The molecule has 0 aliphatic rings. The maximum absolute atomic E-state index is 8.77. The zero-order valence-corrected chi connectivity index (χ0v) is 21.5. The molecule has 0 spiro atoms. The molecule has 0 amide bonds. The molecule has 0 heterocycles. The van der Waals surface area contributed by atoms with Crippen molar-refractivity contribution in [3.63, 3.8) is 0 Å². The molecule has 31 heavy (non-hydrogen) atoms. The minimum atomic E-state index is 0.0970. The minimum absolute atomic E-state index is 0.0970. The molecule has 0 saturated carbocycles. The lowest BCUT2D eigenvalue weighted by Crippen LogP contribution is -2.14. The van der Waals surface area contributed by atoms with Gasteiger partial charge < -0.3 is 14.6 Å². The molecule has 0 rings (SSSR count). The number of hydrogen-bond donors (Lipinski definition) is 1. The Morgan fingerprint density at radius 1 is 0.484 bits per heavy atom. The number of rotatable bonds is 27. The molecule has 0 aromatic rings. The lowest BCUT2D eigenvalue weighted by molar-refractivity contribution is 0.0195. The molecular weight excluding hydrogens is 384 g/mol. The van der Waals surface area contributed by atoms with Crippen molar-refractivity contribution in [3.8, 4) is 0 Å². The van der Waals surface area contributed by atoms with E-state index in [9.17, 15) is 0 Å². The quantitative estimate of drug-likeness (QED) is 0.130. The first-order valence-corrected chi connectivity index (χ1v) is 14.1. The van der Waals surface area contributed by atoms with Gasteiger partial charge in [0.1, 0.15) is 0 Å².